The first kappa shape index (κ1) is 90.1. The lowest BCUT2D eigenvalue weighted by Gasteiger charge is -2.37. The number of alkyl halides is 3. The van der Waals surface area contributed by atoms with Crippen molar-refractivity contribution in [1.82, 2.24) is 71.3 Å². The molecule has 136 heavy (non-hydrogen) atoms. The molecule has 7 aromatic heterocycles. The van der Waals surface area contributed by atoms with E-state index in [2.05, 4.69) is 73.6 Å². The maximum Gasteiger partial charge on any atom is 0.418 e. The number of carbonyl (C=O) groups is 9. The average Bonchev–Trinajstić information content (AvgIpc) is 1.17. The number of primary amides is 1. The molecule has 0 spiro atoms. The fourth-order valence-corrected chi connectivity index (χ4v) is 18.4. The number of rotatable bonds is 33. The molecule has 30 heteroatoms. The van der Waals surface area contributed by atoms with Gasteiger partial charge in [-0.2, -0.15) is 13.2 Å². The molecule has 27 nitrogen and oxygen atoms in total. The first-order valence-corrected chi connectivity index (χ1v) is 45.4. The average molecular weight is 1830 g/mol. The Kier molecular flexibility index (Phi) is 26.5. The summed E-state index contributed by atoms with van der Waals surface area (Å²) in [4.78, 5) is 174. The van der Waals surface area contributed by atoms with Crippen LogP contribution >= 0.6 is 0 Å². The van der Waals surface area contributed by atoms with E-state index in [1.807, 2.05) is 176 Å². The zero-order chi connectivity index (χ0) is 94.1. The van der Waals surface area contributed by atoms with Gasteiger partial charge in [-0.15, -0.1) is 0 Å². The molecular formula is C106H96F3N17O10. The number of benzene rings is 9. The van der Waals surface area contributed by atoms with Gasteiger partial charge in [0.15, 0.2) is 0 Å². The first-order chi connectivity index (χ1) is 66.1. The van der Waals surface area contributed by atoms with Crippen molar-refractivity contribution in [2.45, 2.75) is 120 Å². The van der Waals surface area contributed by atoms with E-state index in [1.165, 1.54) is 32.6 Å². The molecule has 0 aliphatic carbocycles. The normalized spacial score (nSPS) is 13.8. The Morgan fingerprint density at radius 1 is 0.434 bits per heavy atom. The number of H-pyrrole nitrogens is 4. The second kappa shape index (κ2) is 39.9. The van der Waals surface area contributed by atoms with E-state index >= 15 is 37.1 Å². The number of piperazine rings is 1. The number of amides is 9. The lowest BCUT2D eigenvalue weighted by atomic mass is 10.00. The van der Waals surface area contributed by atoms with Gasteiger partial charge in [0.2, 0.25) is 53.2 Å². The van der Waals surface area contributed by atoms with Gasteiger partial charge in [0.05, 0.1) is 40.0 Å². The number of anilines is 2. The Hall–Kier alpha value is -16.5. The Morgan fingerprint density at radius 2 is 0.963 bits per heavy atom. The van der Waals surface area contributed by atoms with Gasteiger partial charge < -0.3 is 72.3 Å². The topological polar surface area (TPSA) is 372 Å². The summed E-state index contributed by atoms with van der Waals surface area (Å²) in [6.45, 7) is 0.145. The predicted molar refractivity (Wildman–Crippen MR) is 516 cm³/mol. The standard InChI is InChI=1S/C106H96F3N17O10/c107-106(108,109)81-56-75(126-99(131)42-36-68-57-113-87-38-35-66(51-80(87)100(68)126)70-50-67-20-5-11-26-82(67)112-58-70)37-40-94(81)123-46-48-124(49-47-123)97(129)43-39-88(102(133)121-92(55-74-62-117-86-30-15-10-25-79(74)86)105(136)120-89(101(110)132)52-71-59-114-83-27-12-7-22-76(71)83)119-104(135)91(54-73-61-116-85-29-14-9-24-78(73)85)122-103(134)90(53-72-60-115-84-28-13-8-23-77(72)84)118-96(128)32-2-1-17-45-111-95(127)41-44-98(130)125-63-69-21-4-3-18-64(69)33-34-65-19-6-16-31-93(65)125/h3-16,18-31,35-38,40,42,50-51,56-62,88-92,114-117H,1-2,17,32,39,41,43-49,52-55,63H2,(H2,110,132)(H,111,127)(H,118,128)(H,119,135)(H,120,136)(H,121,133)(H,122,134)/t88-,89-,90-,91-,92-/m0/s1. The predicted octanol–water partition coefficient (Wildman–Crippen LogP) is 13.4. The number of nitrogens with zero attached hydrogens (tertiary/aromatic N) is 6. The Bertz CT molecular complexity index is 7460. The Balaban J connectivity index is 0.596. The number of halogens is 3. The molecule has 16 aromatic rings. The van der Waals surface area contributed by atoms with Gasteiger partial charge in [0.25, 0.3) is 5.56 Å². The number of aromatic amines is 4. The van der Waals surface area contributed by atoms with Crippen molar-refractivity contribution in [3.8, 4) is 28.7 Å². The van der Waals surface area contributed by atoms with Crippen molar-refractivity contribution in [2.24, 2.45) is 5.73 Å². The van der Waals surface area contributed by atoms with Crippen LogP contribution in [0.5, 0.6) is 0 Å². The Morgan fingerprint density at radius 3 is 1.58 bits per heavy atom. The van der Waals surface area contributed by atoms with Crippen LogP contribution in [-0.4, -0.2) is 155 Å². The van der Waals surface area contributed by atoms with E-state index in [0.29, 0.717) is 96.4 Å². The molecule has 12 N–H and O–H groups in total. The van der Waals surface area contributed by atoms with Gasteiger partial charge in [-0.3, -0.25) is 62.5 Å². The maximum atomic E-state index is 15.9. The van der Waals surface area contributed by atoms with E-state index in [-0.39, 0.29) is 107 Å². The third-order valence-electron chi connectivity index (χ3n) is 25.6. The third kappa shape index (κ3) is 20.1. The second-order valence-electron chi connectivity index (χ2n) is 34.4. The lowest BCUT2D eigenvalue weighted by Crippen LogP contribution is -2.60. The van der Waals surface area contributed by atoms with E-state index in [4.69, 9.17) is 5.73 Å². The van der Waals surface area contributed by atoms with Crippen molar-refractivity contribution in [3.05, 3.63) is 316 Å². The fourth-order valence-electron chi connectivity index (χ4n) is 18.4. The van der Waals surface area contributed by atoms with Crippen molar-refractivity contribution >= 4 is 141 Å². The number of hydrogen-bond acceptors (Lipinski definition) is 13. The number of pyridine rings is 3. The molecule has 686 valence electrons. The van der Waals surface area contributed by atoms with E-state index in [1.54, 1.807) is 66.3 Å². The molecule has 1 saturated heterocycles. The molecule has 9 amide bonds. The molecule has 18 rings (SSSR count). The molecule has 0 radical (unpaired) electrons. The summed E-state index contributed by atoms with van der Waals surface area (Å²) in [5.74, 6) is 0.419. The summed E-state index contributed by atoms with van der Waals surface area (Å²) >= 11 is 0. The van der Waals surface area contributed by atoms with Crippen LogP contribution in [0.3, 0.4) is 0 Å². The maximum absolute atomic E-state index is 15.9. The molecule has 5 atom stereocenters. The lowest BCUT2D eigenvalue weighted by molar-refractivity contribution is -0.137. The summed E-state index contributed by atoms with van der Waals surface area (Å²) in [5.41, 5.74) is 15.8. The number of fused-ring (bicyclic) bond motifs is 10. The van der Waals surface area contributed by atoms with Gasteiger partial charge >= 0.3 is 6.18 Å². The minimum Gasteiger partial charge on any atom is -0.368 e. The molecular weight excluding hydrogens is 1730 g/mol. The second-order valence-corrected chi connectivity index (χ2v) is 34.4. The van der Waals surface area contributed by atoms with Crippen LogP contribution < -0.4 is 53.0 Å². The van der Waals surface area contributed by atoms with Crippen LogP contribution in [0.2, 0.25) is 0 Å². The Labute approximate surface area is 777 Å². The van der Waals surface area contributed by atoms with Crippen LogP contribution in [0.1, 0.15) is 95.9 Å². The van der Waals surface area contributed by atoms with Crippen molar-refractivity contribution in [2.75, 3.05) is 42.5 Å². The smallest absolute Gasteiger partial charge is 0.368 e. The number of nitrogens with two attached hydrogens (primary N) is 1. The number of carbonyl (C=O) groups excluding carboxylic acids is 9. The number of unbranched alkanes of at least 4 members (excludes halogenated alkanes) is 2. The molecule has 9 aromatic carbocycles. The molecule has 0 unspecified atom stereocenters. The van der Waals surface area contributed by atoms with E-state index in [9.17, 15) is 24.0 Å². The highest BCUT2D eigenvalue weighted by atomic mass is 19.4. The zero-order valence-corrected chi connectivity index (χ0v) is 73.9. The summed E-state index contributed by atoms with van der Waals surface area (Å²) in [6, 6.07) is 58.7. The molecule has 1 fully saturated rings. The third-order valence-corrected chi connectivity index (χ3v) is 25.6. The quantitative estimate of drug-likeness (QED) is 0.0104. The van der Waals surface area contributed by atoms with E-state index in [0.717, 1.165) is 61.0 Å². The van der Waals surface area contributed by atoms with Crippen molar-refractivity contribution in [3.63, 3.8) is 0 Å². The van der Waals surface area contributed by atoms with Gasteiger partial charge in [-0.25, -0.2) is 0 Å². The van der Waals surface area contributed by atoms with Crippen LogP contribution in [-0.2, 0) is 81.6 Å². The van der Waals surface area contributed by atoms with Gasteiger partial charge in [0, 0.05) is 209 Å². The molecule has 0 saturated carbocycles. The molecule has 0 bridgehead atoms. The minimum absolute atomic E-state index is 0.0441. The fraction of sp³-hybridized carbons (Fsp3) is 0.226. The zero-order valence-electron chi connectivity index (χ0n) is 73.9. The SMILES string of the molecule is NC(=O)[C@H](Cc1c[nH]c2ccccc12)NC(=O)[C@H](Cc1c[nH]c2ccccc12)NC(=O)[C@H](CCC(=O)N1CCN(c2ccc(-n3c(=O)ccc4cnc5ccc(-c6cnc7ccccc7c6)cc5c43)cc2C(F)(F)F)CC1)NC(=O)[C@H](Cc1c[nH]c2ccccc12)NC(=O)[C@H](Cc1c[nH]c2ccccc12)NC(=O)CCCCCNC(=O)CCC(=O)N1Cc2ccccc2C#Cc2ccccc21. The highest BCUT2D eigenvalue weighted by Crippen LogP contribution is 2.40. The number of aromatic nitrogens is 7. The monoisotopic (exact) mass is 1820 g/mol. The summed E-state index contributed by atoms with van der Waals surface area (Å²) < 4.78 is 48.8. The summed E-state index contributed by atoms with van der Waals surface area (Å²) in [7, 11) is 0. The summed E-state index contributed by atoms with van der Waals surface area (Å²) in [6.07, 6.45) is 4.86. The summed E-state index contributed by atoms with van der Waals surface area (Å²) in [5, 5.41) is 22.2. The largest absolute Gasteiger partial charge is 0.418 e. The van der Waals surface area contributed by atoms with E-state index < -0.39 is 102 Å². The van der Waals surface area contributed by atoms with Gasteiger partial charge in [0.1, 0.15) is 30.2 Å². The molecule has 2 aliphatic heterocycles. The number of hydrogen-bond donors (Lipinski definition) is 11. The molecule has 9 heterocycles. The van der Waals surface area contributed by atoms with Gasteiger partial charge in [-0.1, -0.05) is 146 Å². The van der Waals surface area contributed by atoms with Gasteiger partial charge in [-0.05, 0) is 144 Å². The van der Waals surface area contributed by atoms with Crippen molar-refractivity contribution in [1.29, 1.82) is 0 Å². The number of nitrogens with one attached hydrogen (secondary N) is 10. The van der Waals surface area contributed by atoms with Crippen LogP contribution in [0, 0.1) is 11.8 Å². The van der Waals surface area contributed by atoms with Crippen LogP contribution in [0.4, 0.5) is 24.5 Å². The minimum atomic E-state index is -4.95. The van der Waals surface area contributed by atoms with Crippen LogP contribution in [0.15, 0.2) is 266 Å². The highest BCUT2D eigenvalue weighted by Gasteiger charge is 2.39. The number of para-hydroxylation sites is 6. The first-order valence-electron chi connectivity index (χ1n) is 45.4. The van der Waals surface area contributed by atoms with Crippen molar-refractivity contribution < 1.29 is 56.3 Å². The highest BCUT2D eigenvalue weighted by molar-refractivity contribution is 6.06. The molecule has 2 aliphatic rings. The van der Waals surface area contributed by atoms with Crippen LogP contribution in [0.25, 0.3) is 93.1 Å².